The second kappa shape index (κ2) is 15.8. The molecule has 0 saturated carbocycles. The molecule has 47 heavy (non-hydrogen) atoms. The fourth-order valence-corrected chi connectivity index (χ4v) is 6.39. The van der Waals surface area contributed by atoms with Crippen LogP contribution in [0.5, 0.6) is 0 Å². The molecule has 3 amide bonds. The first kappa shape index (κ1) is 39.9. The summed E-state index contributed by atoms with van der Waals surface area (Å²) in [6.45, 7) is 2.13. The van der Waals surface area contributed by atoms with Crippen molar-refractivity contribution in [3.63, 3.8) is 0 Å². The number of carbonyl (C=O) groups is 4. The number of alkyl halides is 1. The Bertz CT molecular complexity index is 1800. The summed E-state index contributed by atoms with van der Waals surface area (Å²) in [6, 6.07) is 1.67. The minimum atomic E-state index is -5.19. The number of sulfone groups is 1. The van der Waals surface area contributed by atoms with E-state index in [9.17, 15) is 50.7 Å². The third-order valence-electron chi connectivity index (χ3n) is 5.88. The van der Waals surface area contributed by atoms with Crippen LogP contribution in [0, 0.1) is 10.1 Å². The van der Waals surface area contributed by atoms with Gasteiger partial charge in [0, 0.05) is 23.8 Å². The molecule has 2 atom stereocenters. The second-order valence-corrected chi connectivity index (χ2v) is 14.6. The number of carbonyl (C=O) groups excluding carboxylic acids is 4. The van der Waals surface area contributed by atoms with E-state index in [1.807, 2.05) is 0 Å². The van der Waals surface area contributed by atoms with Gasteiger partial charge in [-0.1, -0.05) is 5.16 Å². The molecule has 1 aromatic heterocycles. The fraction of sp³-hybridized carbons (Fsp3) is 0.391. The summed E-state index contributed by atoms with van der Waals surface area (Å²) in [5.74, 6) is -5.62. The summed E-state index contributed by atoms with van der Waals surface area (Å²) in [5.41, 5.74) is -2.62. The number of halogens is 1. The van der Waals surface area contributed by atoms with Gasteiger partial charge in [-0.05, 0) is 31.5 Å². The van der Waals surface area contributed by atoms with E-state index in [1.54, 1.807) is 0 Å². The third-order valence-corrected chi connectivity index (χ3v) is 8.78. The van der Waals surface area contributed by atoms with Crippen LogP contribution in [-0.4, -0.2) is 130 Å². The van der Waals surface area contributed by atoms with E-state index in [2.05, 4.69) is 20.8 Å². The molecule has 1 aliphatic rings. The van der Waals surface area contributed by atoms with Crippen LogP contribution in [0.2, 0.25) is 0 Å². The molecule has 1 aromatic carbocycles. The molecule has 3 N–H and O–H groups in total. The standard InChI is InChI=1S/C23H25ClN6O13S3.Na.H/c1-23(2,21(34)42-9-12-4-6-13(7-5-12)30(35)36)43-28-17(14-10-44-22(25-14)26-16(31)8-24)19(32)27-18-15(11-45(3,37)38)29(20(18)33)46(39,40)41;;/h4-7,10,15,18H,8-9,11H2,1-3H3,(H,27,32)(H,25,26,31)(H,39,40,41);;/b28-17-;;. The number of non-ortho nitro benzene ring substituents is 1. The number of hydrogen-bond donors (Lipinski definition) is 3. The summed E-state index contributed by atoms with van der Waals surface area (Å²) >= 11 is 6.30. The number of ether oxygens (including phenoxy) is 1. The molecule has 252 valence electrons. The van der Waals surface area contributed by atoms with Crippen molar-refractivity contribution in [2.24, 2.45) is 5.16 Å². The van der Waals surface area contributed by atoms with E-state index in [0.29, 0.717) is 5.56 Å². The van der Waals surface area contributed by atoms with Crippen LogP contribution in [-0.2, 0) is 55.5 Å². The second-order valence-electron chi connectivity index (χ2n) is 9.98. The molecule has 0 aliphatic carbocycles. The number of β-lactam (4-membered cyclic amide) rings is 1. The average Bonchev–Trinajstić information content (AvgIpc) is 3.40. The van der Waals surface area contributed by atoms with Crippen molar-refractivity contribution in [1.82, 2.24) is 14.6 Å². The van der Waals surface area contributed by atoms with Crippen LogP contribution in [0.15, 0.2) is 34.8 Å². The number of hydrogen-bond acceptors (Lipinski definition) is 15. The van der Waals surface area contributed by atoms with Gasteiger partial charge in [-0.15, -0.1) is 22.9 Å². The van der Waals surface area contributed by atoms with Crippen LogP contribution in [0.4, 0.5) is 10.8 Å². The van der Waals surface area contributed by atoms with Crippen LogP contribution in [0.1, 0.15) is 25.1 Å². The maximum atomic E-state index is 13.4. The average molecular weight is 749 g/mol. The van der Waals surface area contributed by atoms with Crippen molar-refractivity contribution in [2.75, 3.05) is 23.2 Å². The number of nitro groups is 1. The number of amides is 3. The first-order valence-electron chi connectivity index (χ1n) is 12.5. The number of nitrogens with zero attached hydrogens (tertiary/aromatic N) is 4. The van der Waals surface area contributed by atoms with Crippen molar-refractivity contribution >= 4 is 113 Å². The van der Waals surface area contributed by atoms with Gasteiger partial charge in [-0.3, -0.25) is 29.1 Å². The Balaban J connectivity index is 0.00000768. The van der Waals surface area contributed by atoms with Crippen molar-refractivity contribution in [3.8, 4) is 0 Å². The normalized spacial score (nSPS) is 16.7. The molecular formula is C23H26ClN6NaO13S3. The summed E-state index contributed by atoms with van der Waals surface area (Å²) < 4.78 is 61.6. The van der Waals surface area contributed by atoms with Crippen molar-refractivity contribution in [3.05, 3.63) is 51.0 Å². The van der Waals surface area contributed by atoms with Gasteiger partial charge >= 0.3 is 45.8 Å². The number of rotatable bonds is 14. The predicted octanol–water partition coefficient (Wildman–Crippen LogP) is -0.634. The maximum absolute atomic E-state index is 13.4. The zero-order valence-electron chi connectivity index (χ0n) is 23.9. The number of esters is 1. The number of benzene rings is 1. The third kappa shape index (κ3) is 10.6. The van der Waals surface area contributed by atoms with Crippen LogP contribution < -0.4 is 10.6 Å². The Morgan fingerprint density at radius 3 is 2.36 bits per heavy atom. The van der Waals surface area contributed by atoms with Crippen LogP contribution in [0.25, 0.3) is 0 Å². The Morgan fingerprint density at radius 2 is 1.83 bits per heavy atom. The molecule has 19 nitrogen and oxygen atoms in total. The van der Waals surface area contributed by atoms with E-state index in [4.69, 9.17) is 21.2 Å². The molecule has 2 aromatic rings. The van der Waals surface area contributed by atoms with E-state index in [-0.39, 0.29) is 57.0 Å². The number of aromatic nitrogens is 1. The monoisotopic (exact) mass is 748 g/mol. The molecule has 24 heteroatoms. The van der Waals surface area contributed by atoms with Gasteiger partial charge < -0.3 is 20.2 Å². The minimum absolute atomic E-state index is 0. The molecule has 0 bridgehead atoms. The van der Waals surface area contributed by atoms with Gasteiger partial charge in [-0.25, -0.2) is 22.5 Å². The van der Waals surface area contributed by atoms with Crippen molar-refractivity contribution in [1.29, 1.82) is 0 Å². The van der Waals surface area contributed by atoms with Gasteiger partial charge in [-0.2, -0.15) is 8.42 Å². The van der Waals surface area contributed by atoms with Gasteiger partial charge in [0.2, 0.25) is 11.5 Å². The molecule has 1 fully saturated rings. The summed E-state index contributed by atoms with van der Waals surface area (Å²) in [5, 5.41) is 20.2. The summed E-state index contributed by atoms with van der Waals surface area (Å²) in [7, 11) is -9.13. The number of anilines is 1. The Labute approximate surface area is 298 Å². The molecular weight excluding hydrogens is 723 g/mol. The van der Waals surface area contributed by atoms with Gasteiger partial charge in [0.25, 0.3) is 17.5 Å². The van der Waals surface area contributed by atoms with Gasteiger partial charge in [0.1, 0.15) is 34.1 Å². The molecule has 1 aliphatic heterocycles. The molecule has 1 saturated heterocycles. The van der Waals surface area contributed by atoms with Crippen molar-refractivity contribution < 1.29 is 55.1 Å². The Hall–Kier alpha value is -3.25. The topological polar surface area (TPSA) is 271 Å². The number of thiazole rings is 1. The van der Waals surface area contributed by atoms with E-state index < -0.39 is 83.8 Å². The van der Waals surface area contributed by atoms with Gasteiger partial charge in [0.05, 0.1) is 16.7 Å². The molecule has 0 spiro atoms. The summed E-state index contributed by atoms with van der Waals surface area (Å²) in [6.07, 6.45) is 0.742. The number of oxime groups is 1. The Kier molecular flexibility index (Phi) is 13.4. The Morgan fingerprint density at radius 1 is 1.21 bits per heavy atom. The molecule has 2 heterocycles. The fourth-order valence-electron chi connectivity index (χ4n) is 3.68. The van der Waals surface area contributed by atoms with Crippen LogP contribution in [0.3, 0.4) is 0 Å². The SMILES string of the molecule is CC(C)(O/N=C(\C(=O)NC1C(=O)N(S(=O)(=O)O)C1CS(C)(=O)=O)c1csc(NC(=O)CCl)n1)C(=O)OCc1ccc([N+](=O)[O-])cc1.[NaH]. The number of nitro benzene ring substituents is 1. The van der Waals surface area contributed by atoms with Gasteiger partial charge in [0.15, 0.2) is 10.8 Å². The predicted molar refractivity (Wildman–Crippen MR) is 167 cm³/mol. The first-order chi connectivity index (χ1) is 21.2. The molecule has 3 rings (SSSR count). The van der Waals surface area contributed by atoms with Crippen LogP contribution >= 0.6 is 22.9 Å². The van der Waals surface area contributed by atoms with E-state index >= 15 is 0 Å². The van der Waals surface area contributed by atoms with Crippen molar-refractivity contribution in [2.45, 2.75) is 38.1 Å². The molecule has 0 radical (unpaired) electrons. The number of nitrogens with one attached hydrogen (secondary N) is 2. The molecule has 2 unspecified atom stereocenters. The van der Waals surface area contributed by atoms with E-state index in [0.717, 1.165) is 17.6 Å². The quantitative estimate of drug-likeness (QED) is 0.0317. The zero-order valence-corrected chi connectivity index (χ0v) is 27.1. The zero-order chi connectivity index (χ0) is 34.6. The summed E-state index contributed by atoms with van der Waals surface area (Å²) in [4.78, 5) is 69.9. The van der Waals surface area contributed by atoms with E-state index in [1.165, 1.54) is 43.5 Å². The first-order valence-corrected chi connectivity index (χ1v) is 17.4.